The second-order valence-electron chi connectivity index (χ2n) is 8.57. The van der Waals surface area contributed by atoms with Crippen LogP contribution in [0.1, 0.15) is 62.5 Å². The van der Waals surface area contributed by atoms with Gasteiger partial charge < -0.3 is 14.7 Å². The third-order valence-corrected chi connectivity index (χ3v) is 7.89. The third kappa shape index (κ3) is 8.00. The van der Waals surface area contributed by atoms with Gasteiger partial charge in [0.1, 0.15) is 5.82 Å². The quantitative estimate of drug-likeness (QED) is 0.185. The normalized spacial score (nSPS) is 16.3. The van der Waals surface area contributed by atoms with Gasteiger partial charge in [0.15, 0.2) is 0 Å². The Bertz CT molecular complexity index is 846. The minimum absolute atomic E-state index is 0.159. The van der Waals surface area contributed by atoms with E-state index < -0.39 is 8.25 Å². The molecular formula is C25H35FNO3PS. The summed E-state index contributed by atoms with van der Waals surface area (Å²) in [6.45, 7) is 1.47. The molecule has 0 bridgehead atoms. The molecule has 0 saturated heterocycles. The second-order valence-corrected chi connectivity index (χ2v) is 10.5. The number of halogens is 1. The molecule has 2 aromatic carbocycles. The van der Waals surface area contributed by atoms with Crippen molar-refractivity contribution in [3.8, 4) is 0 Å². The molecule has 2 aromatic rings. The maximum Gasteiger partial charge on any atom is 0.316 e. The van der Waals surface area contributed by atoms with Crippen LogP contribution in [0.2, 0.25) is 0 Å². The lowest BCUT2D eigenvalue weighted by Crippen LogP contribution is -2.21. The van der Waals surface area contributed by atoms with Gasteiger partial charge in [-0.25, -0.2) is 4.39 Å². The van der Waals surface area contributed by atoms with Crippen LogP contribution in [0.3, 0.4) is 0 Å². The summed E-state index contributed by atoms with van der Waals surface area (Å²) in [7, 11) is -2.84. The highest BCUT2D eigenvalue weighted by atomic mass is 32.2. The number of hydrogen-bond acceptors (Lipinski definition) is 4. The fourth-order valence-corrected chi connectivity index (χ4v) is 5.88. The molecule has 1 fully saturated rings. The zero-order valence-corrected chi connectivity index (χ0v) is 20.5. The molecular weight excluding hydrogens is 444 g/mol. The maximum absolute atomic E-state index is 14.5. The second kappa shape index (κ2) is 13.5. The van der Waals surface area contributed by atoms with Gasteiger partial charge in [0.2, 0.25) is 0 Å². The Morgan fingerprint density at radius 2 is 1.88 bits per heavy atom. The van der Waals surface area contributed by atoms with E-state index in [0.29, 0.717) is 29.8 Å². The summed E-state index contributed by atoms with van der Waals surface area (Å²) in [5.41, 5.74) is 2.75. The zero-order chi connectivity index (χ0) is 22.7. The van der Waals surface area contributed by atoms with Crippen LogP contribution in [0.25, 0.3) is 0 Å². The predicted octanol–water partition coefficient (Wildman–Crippen LogP) is 6.48. The Morgan fingerprint density at radius 1 is 1.09 bits per heavy atom. The van der Waals surface area contributed by atoms with E-state index in [1.165, 1.54) is 44.1 Å². The van der Waals surface area contributed by atoms with E-state index in [9.17, 15) is 8.96 Å². The predicted molar refractivity (Wildman–Crippen MR) is 131 cm³/mol. The van der Waals surface area contributed by atoms with Crippen LogP contribution in [0, 0.1) is 5.82 Å². The van der Waals surface area contributed by atoms with Gasteiger partial charge in [-0.2, -0.15) is 0 Å². The molecule has 0 spiro atoms. The zero-order valence-electron chi connectivity index (χ0n) is 18.7. The Morgan fingerprint density at radius 3 is 2.59 bits per heavy atom. The van der Waals surface area contributed by atoms with Crippen molar-refractivity contribution in [3.63, 3.8) is 0 Å². The Balaban J connectivity index is 1.36. The van der Waals surface area contributed by atoms with Crippen molar-refractivity contribution in [2.75, 3.05) is 18.9 Å². The number of hydrogen-bond donors (Lipinski definition) is 2. The third-order valence-electron chi connectivity index (χ3n) is 6.30. The van der Waals surface area contributed by atoms with E-state index in [0.717, 1.165) is 17.7 Å². The van der Waals surface area contributed by atoms with E-state index in [1.54, 1.807) is 17.8 Å². The molecule has 32 heavy (non-hydrogen) atoms. The van der Waals surface area contributed by atoms with Crippen LogP contribution >= 0.6 is 20.0 Å². The lowest BCUT2D eigenvalue weighted by atomic mass is 9.75. The van der Waals surface area contributed by atoms with E-state index in [4.69, 9.17) is 4.89 Å². The molecule has 0 radical (unpaired) electrons. The number of rotatable bonds is 14. The summed E-state index contributed by atoms with van der Waals surface area (Å²) in [5.74, 6) is 0.779. The van der Waals surface area contributed by atoms with Gasteiger partial charge in [-0.05, 0) is 73.1 Å². The van der Waals surface area contributed by atoms with Crippen molar-refractivity contribution < 1.29 is 18.4 Å². The van der Waals surface area contributed by atoms with E-state index in [2.05, 4.69) is 40.2 Å². The average molecular weight is 480 g/mol. The molecule has 0 aliphatic heterocycles. The first-order valence-electron chi connectivity index (χ1n) is 11.6. The number of nitrogens with one attached hydrogen (secondary N) is 1. The van der Waals surface area contributed by atoms with Crippen LogP contribution < -0.4 is 5.32 Å². The summed E-state index contributed by atoms with van der Waals surface area (Å²) in [6.07, 6.45) is 9.39. The molecule has 4 nitrogen and oxygen atoms in total. The van der Waals surface area contributed by atoms with Crippen molar-refractivity contribution in [1.29, 1.82) is 0 Å². The van der Waals surface area contributed by atoms with Crippen LogP contribution in [-0.2, 0) is 21.0 Å². The highest BCUT2D eigenvalue weighted by Gasteiger charge is 2.34. The highest BCUT2D eigenvalue weighted by Crippen LogP contribution is 2.44. The lowest BCUT2D eigenvalue weighted by Gasteiger charge is -2.30. The summed E-state index contributed by atoms with van der Waals surface area (Å²) in [6, 6.07) is 16.4. The molecule has 0 aromatic heterocycles. The fourth-order valence-electron chi connectivity index (χ4n) is 4.63. The standard InChI is InChI=1S/C25H35FNO3PS/c26-23-19-21(20-27-16-8-17-30-31(28)29)11-12-24(23)32-18-7-6-15-25(13-4-5-14-25)22-9-2-1-3-10-22/h1-3,9-12,19,27,31H,4-8,13-18,20H2,(H,28,29). The number of benzene rings is 2. The first-order chi connectivity index (χ1) is 15.6. The van der Waals surface area contributed by atoms with E-state index in [-0.39, 0.29) is 12.4 Å². The minimum Gasteiger partial charge on any atom is -0.326 e. The summed E-state index contributed by atoms with van der Waals surface area (Å²) in [4.78, 5) is 9.32. The molecule has 0 amide bonds. The van der Waals surface area contributed by atoms with Gasteiger partial charge in [0.05, 0.1) is 6.61 Å². The van der Waals surface area contributed by atoms with E-state index >= 15 is 0 Å². The molecule has 3 rings (SSSR count). The van der Waals surface area contributed by atoms with Crippen molar-refractivity contribution in [1.82, 2.24) is 5.32 Å². The maximum atomic E-state index is 14.5. The van der Waals surface area contributed by atoms with Gasteiger partial charge in [0.25, 0.3) is 0 Å². The SMILES string of the molecule is O=[PH](O)OCCCNCc1ccc(SCCCCC2(c3ccccc3)CCCC2)c(F)c1. The molecule has 1 unspecified atom stereocenters. The van der Waals surface area contributed by atoms with Crippen molar-refractivity contribution in [3.05, 3.63) is 65.5 Å². The average Bonchev–Trinajstić information content (AvgIpc) is 3.28. The molecule has 0 heterocycles. The summed E-state index contributed by atoms with van der Waals surface area (Å²) >= 11 is 1.61. The molecule has 1 saturated carbocycles. The van der Waals surface area contributed by atoms with Gasteiger partial charge in [-0.3, -0.25) is 4.57 Å². The first kappa shape index (κ1) is 25.5. The summed E-state index contributed by atoms with van der Waals surface area (Å²) in [5, 5.41) is 3.20. The molecule has 2 N–H and O–H groups in total. The van der Waals surface area contributed by atoms with Gasteiger partial charge in [-0.1, -0.05) is 55.7 Å². The van der Waals surface area contributed by atoms with Crippen LogP contribution in [0.15, 0.2) is 53.4 Å². The van der Waals surface area contributed by atoms with Crippen LogP contribution in [0.4, 0.5) is 4.39 Å². The van der Waals surface area contributed by atoms with Crippen molar-refractivity contribution >= 4 is 20.0 Å². The smallest absolute Gasteiger partial charge is 0.316 e. The number of unbranched alkanes of at least 4 members (excludes halogenated alkanes) is 1. The van der Waals surface area contributed by atoms with Gasteiger partial charge >= 0.3 is 8.25 Å². The monoisotopic (exact) mass is 479 g/mol. The van der Waals surface area contributed by atoms with Gasteiger partial charge in [0, 0.05) is 11.4 Å². The number of thioether (sulfide) groups is 1. The molecule has 176 valence electrons. The molecule has 1 aliphatic rings. The van der Waals surface area contributed by atoms with Crippen molar-refractivity contribution in [2.45, 2.75) is 68.2 Å². The molecule has 7 heteroatoms. The largest absolute Gasteiger partial charge is 0.326 e. The lowest BCUT2D eigenvalue weighted by molar-refractivity contribution is 0.276. The molecule has 1 aliphatic carbocycles. The minimum atomic E-state index is -2.84. The Kier molecular flexibility index (Phi) is 10.8. The van der Waals surface area contributed by atoms with Crippen LogP contribution in [-0.4, -0.2) is 23.8 Å². The highest BCUT2D eigenvalue weighted by molar-refractivity contribution is 7.99. The Labute approximate surface area is 196 Å². The van der Waals surface area contributed by atoms with Gasteiger partial charge in [-0.15, -0.1) is 11.8 Å². The fraction of sp³-hybridized carbons (Fsp3) is 0.520. The summed E-state index contributed by atoms with van der Waals surface area (Å²) < 4.78 is 29.6. The molecule has 1 atom stereocenters. The van der Waals surface area contributed by atoms with Crippen LogP contribution in [0.5, 0.6) is 0 Å². The van der Waals surface area contributed by atoms with E-state index in [1.807, 2.05) is 12.1 Å². The Hall–Kier alpha value is -1.17. The first-order valence-corrected chi connectivity index (χ1v) is 13.9. The van der Waals surface area contributed by atoms with Crippen molar-refractivity contribution in [2.24, 2.45) is 0 Å². The topological polar surface area (TPSA) is 58.6 Å².